The fraction of sp³-hybridized carbons (Fsp3) is 0.444. The fourth-order valence-corrected chi connectivity index (χ4v) is 5.99. The van der Waals surface area contributed by atoms with Crippen LogP contribution in [0.5, 0.6) is 5.75 Å². The molecule has 0 saturated carbocycles. The van der Waals surface area contributed by atoms with Crippen molar-refractivity contribution in [1.29, 1.82) is 0 Å². The molecule has 1 saturated heterocycles. The number of aliphatic hydroxyl groups excluding tert-OH is 1. The van der Waals surface area contributed by atoms with E-state index in [2.05, 4.69) is 20.9 Å². The average molecular weight is 630 g/mol. The number of aromatic nitrogens is 1. The number of nitrogens with one attached hydrogen (secondary N) is 3. The zero-order valence-corrected chi connectivity index (χ0v) is 27.2. The Labute approximate surface area is 271 Å². The summed E-state index contributed by atoms with van der Waals surface area (Å²) in [6.07, 6.45) is 2.48. The van der Waals surface area contributed by atoms with Gasteiger partial charge in [0, 0.05) is 25.3 Å². The van der Waals surface area contributed by atoms with Crippen molar-refractivity contribution in [2.75, 3.05) is 19.7 Å². The number of rotatable bonds is 15. The summed E-state index contributed by atoms with van der Waals surface area (Å²) >= 11 is 0. The normalized spacial score (nSPS) is 15.8. The van der Waals surface area contributed by atoms with Crippen LogP contribution in [0.25, 0.3) is 0 Å². The molecule has 0 spiro atoms. The number of aliphatic hydroxyl groups is 1. The van der Waals surface area contributed by atoms with Gasteiger partial charge >= 0.3 is 6.03 Å². The van der Waals surface area contributed by atoms with Crippen LogP contribution in [0.2, 0.25) is 0 Å². The van der Waals surface area contributed by atoms with Gasteiger partial charge in [-0.3, -0.25) is 14.6 Å². The van der Waals surface area contributed by atoms with Gasteiger partial charge < -0.3 is 30.7 Å². The van der Waals surface area contributed by atoms with Crippen molar-refractivity contribution in [1.82, 2.24) is 25.8 Å². The van der Waals surface area contributed by atoms with Gasteiger partial charge in [-0.05, 0) is 68.2 Å². The second-order valence-electron chi connectivity index (χ2n) is 12.4. The maximum atomic E-state index is 13.8. The molecule has 1 fully saturated rings. The van der Waals surface area contributed by atoms with Gasteiger partial charge in [0.1, 0.15) is 11.8 Å². The van der Waals surface area contributed by atoms with E-state index < -0.39 is 24.2 Å². The van der Waals surface area contributed by atoms with E-state index in [0.29, 0.717) is 37.4 Å². The van der Waals surface area contributed by atoms with Crippen LogP contribution >= 0.6 is 0 Å². The van der Waals surface area contributed by atoms with Gasteiger partial charge in [-0.2, -0.15) is 0 Å². The number of carbonyl (C=O) groups excluding carboxylic acids is 3. The summed E-state index contributed by atoms with van der Waals surface area (Å²) in [5.74, 6) is -0.199. The highest BCUT2D eigenvalue weighted by Crippen LogP contribution is 2.21. The predicted octanol–water partition coefficient (Wildman–Crippen LogP) is 3.72. The summed E-state index contributed by atoms with van der Waals surface area (Å²) in [7, 11) is 0. The lowest BCUT2D eigenvalue weighted by Crippen LogP contribution is -2.59. The Hall–Kier alpha value is -4.44. The largest absolute Gasteiger partial charge is 0.482 e. The number of urea groups is 1. The first-order chi connectivity index (χ1) is 22.1. The summed E-state index contributed by atoms with van der Waals surface area (Å²) in [5.41, 5.74) is 3.51. The molecule has 46 heavy (non-hydrogen) atoms. The van der Waals surface area contributed by atoms with E-state index >= 15 is 0 Å². The molecule has 4 amide bonds. The molecular formula is C36H47N5O5. The highest BCUT2D eigenvalue weighted by Gasteiger charge is 2.35. The summed E-state index contributed by atoms with van der Waals surface area (Å²) in [6.45, 7) is 8.43. The number of pyridine rings is 1. The first-order valence-corrected chi connectivity index (χ1v) is 16.1. The van der Waals surface area contributed by atoms with E-state index in [1.54, 1.807) is 11.1 Å². The van der Waals surface area contributed by atoms with Crippen molar-refractivity contribution in [3.05, 3.63) is 95.3 Å². The molecule has 4 N–H and O–H groups in total. The Morgan fingerprint density at radius 1 is 0.978 bits per heavy atom. The zero-order chi connectivity index (χ0) is 33.1. The van der Waals surface area contributed by atoms with Crippen LogP contribution in [-0.4, -0.2) is 76.8 Å². The van der Waals surface area contributed by atoms with E-state index in [-0.39, 0.29) is 36.8 Å². The van der Waals surface area contributed by atoms with Crippen LogP contribution in [0.15, 0.2) is 72.9 Å². The molecular weight excluding hydrogens is 582 g/mol. The Bertz CT molecular complexity index is 1410. The maximum absolute atomic E-state index is 13.8. The number of aryl methyl sites for hydroxylation is 2. The molecule has 0 unspecified atom stereocenters. The number of carbonyl (C=O) groups is 3. The SMILES string of the molecule is Cc1ccnc(C)c1OCC(=O)N[C@@H](Cc1ccccc1)[C@@H](O)C[C@H](Cc1ccccc1)NC(=O)[C@H](C(C)C)N1CCCNC1=O. The van der Waals surface area contributed by atoms with E-state index in [1.165, 1.54) is 0 Å². The standard InChI is InChI=1S/C36H47N5O5/c1-24(2)33(41-19-11-17-38-36(41)45)35(44)39-29(20-27-12-7-5-8-13-27)22-31(42)30(21-28-14-9-6-10-15-28)40-32(43)23-46-34-25(3)16-18-37-26(34)4/h5-10,12-16,18,24,29-31,33,42H,11,17,19-23H2,1-4H3,(H,38,45)(H,39,44)(H,40,43)/t29-,30-,31-,33-/m0/s1. The molecule has 4 rings (SSSR count). The zero-order valence-electron chi connectivity index (χ0n) is 27.2. The van der Waals surface area contributed by atoms with Crippen molar-refractivity contribution >= 4 is 17.8 Å². The number of hydrogen-bond acceptors (Lipinski definition) is 6. The molecule has 3 aromatic rings. The molecule has 1 aliphatic rings. The Morgan fingerprint density at radius 3 is 2.24 bits per heavy atom. The van der Waals surface area contributed by atoms with Gasteiger partial charge in [0.2, 0.25) is 5.91 Å². The minimum absolute atomic E-state index is 0.122. The third-order valence-corrected chi connectivity index (χ3v) is 8.28. The monoisotopic (exact) mass is 629 g/mol. The fourth-order valence-electron chi connectivity index (χ4n) is 5.99. The van der Waals surface area contributed by atoms with E-state index in [0.717, 1.165) is 23.1 Å². The third kappa shape index (κ3) is 9.78. The van der Waals surface area contributed by atoms with Crippen molar-refractivity contribution in [2.45, 2.75) is 77.6 Å². The third-order valence-electron chi connectivity index (χ3n) is 8.28. The van der Waals surface area contributed by atoms with Gasteiger partial charge in [-0.25, -0.2) is 4.79 Å². The first kappa shape index (κ1) is 34.4. The minimum atomic E-state index is -1.00. The molecule has 0 radical (unpaired) electrons. The Morgan fingerprint density at radius 2 is 1.63 bits per heavy atom. The van der Waals surface area contributed by atoms with Crippen LogP contribution in [0.3, 0.4) is 0 Å². The van der Waals surface area contributed by atoms with Crippen molar-refractivity contribution in [3.8, 4) is 5.75 Å². The van der Waals surface area contributed by atoms with Crippen LogP contribution in [0.4, 0.5) is 4.79 Å². The molecule has 246 valence electrons. The topological polar surface area (TPSA) is 133 Å². The highest BCUT2D eigenvalue weighted by atomic mass is 16.5. The molecule has 10 nitrogen and oxygen atoms in total. The maximum Gasteiger partial charge on any atom is 0.318 e. The van der Waals surface area contributed by atoms with Crippen molar-refractivity contribution in [2.24, 2.45) is 5.92 Å². The first-order valence-electron chi connectivity index (χ1n) is 16.1. The molecule has 2 heterocycles. The molecule has 2 aromatic carbocycles. The molecule has 1 aromatic heterocycles. The lowest BCUT2D eigenvalue weighted by atomic mass is 9.92. The Kier molecular flexibility index (Phi) is 12.5. The molecule has 1 aliphatic heterocycles. The molecule has 0 aliphatic carbocycles. The summed E-state index contributed by atoms with van der Waals surface area (Å²) in [6, 6.07) is 19.2. The Balaban J connectivity index is 1.52. The van der Waals surface area contributed by atoms with E-state index in [1.807, 2.05) is 94.4 Å². The van der Waals surface area contributed by atoms with Gasteiger partial charge in [0.15, 0.2) is 6.61 Å². The van der Waals surface area contributed by atoms with Gasteiger partial charge in [0.05, 0.1) is 17.8 Å². The number of ether oxygens (including phenoxy) is 1. The second kappa shape index (κ2) is 16.7. The number of hydrogen-bond donors (Lipinski definition) is 4. The lowest BCUT2D eigenvalue weighted by molar-refractivity contribution is -0.128. The number of amides is 4. The number of benzene rings is 2. The van der Waals surface area contributed by atoms with Crippen LogP contribution < -0.4 is 20.7 Å². The lowest BCUT2D eigenvalue weighted by Gasteiger charge is -2.37. The van der Waals surface area contributed by atoms with Gasteiger partial charge in [-0.1, -0.05) is 74.5 Å². The smallest absolute Gasteiger partial charge is 0.318 e. The van der Waals surface area contributed by atoms with Gasteiger partial charge in [-0.15, -0.1) is 0 Å². The van der Waals surface area contributed by atoms with Crippen LogP contribution in [-0.2, 0) is 22.4 Å². The van der Waals surface area contributed by atoms with E-state index in [4.69, 9.17) is 4.74 Å². The van der Waals surface area contributed by atoms with E-state index in [9.17, 15) is 19.5 Å². The quantitative estimate of drug-likeness (QED) is 0.203. The molecule has 10 heteroatoms. The van der Waals surface area contributed by atoms with Crippen molar-refractivity contribution in [3.63, 3.8) is 0 Å². The molecule has 0 bridgehead atoms. The molecule has 4 atom stereocenters. The summed E-state index contributed by atoms with van der Waals surface area (Å²) in [4.78, 5) is 45.5. The number of nitrogens with zero attached hydrogens (tertiary/aromatic N) is 2. The van der Waals surface area contributed by atoms with Crippen LogP contribution in [0.1, 0.15) is 49.1 Å². The van der Waals surface area contributed by atoms with Crippen molar-refractivity contribution < 1.29 is 24.2 Å². The summed E-state index contributed by atoms with van der Waals surface area (Å²) in [5, 5.41) is 20.7. The highest BCUT2D eigenvalue weighted by molar-refractivity contribution is 5.87. The second-order valence-corrected chi connectivity index (χ2v) is 12.4. The predicted molar refractivity (Wildman–Crippen MR) is 177 cm³/mol. The average Bonchev–Trinajstić information content (AvgIpc) is 3.02. The summed E-state index contributed by atoms with van der Waals surface area (Å²) < 4.78 is 5.84. The van der Waals surface area contributed by atoms with Gasteiger partial charge in [0.25, 0.3) is 5.91 Å². The minimum Gasteiger partial charge on any atom is -0.482 e. The van der Waals surface area contributed by atoms with Crippen LogP contribution in [0, 0.1) is 19.8 Å².